The molecule has 0 saturated heterocycles. The lowest BCUT2D eigenvalue weighted by molar-refractivity contribution is -0.117. The van der Waals surface area contributed by atoms with Crippen LogP contribution in [-0.2, 0) is 14.8 Å². The summed E-state index contributed by atoms with van der Waals surface area (Å²) < 4.78 is 31.1. The maximum absolute atomic E-state index is 12.8. The van der Waals surface area contributed by atoms with Crippen molar-refractivity contribution in [3.63, 3.8) is 0 Å². The summed E-state index contributed by atoms with van der Waals surface area (Å²) in [5, 5.41) is 2.78. The quantitative estimate of drug-likeness (QED) is 0.805. The summed E-state index contributed by atoms with van der Waals surface area (Å²) in [7, 11) is -2.10. The van der Waals surface area contributed by atoms with Crippen LogP contribution in [0.2, 0.25) is 0 Å². The number of ether oxygens (including phenoxy) is 1. The minimum atomic E-state index is -3.64. The lowest BCUT2D eigenvalue weighted by atomic mass is 10.1. The van der Waals surface area contributed by atoms with Gasteiger partial charge in [-0.05, 0) is 37.6 Å². The zero-order chi connectivity index (χ0) is 19.3. The van der Waals surface area contributed by atoms with Gasteiger partial charge in [0.1, 0.15) is 11.8 Å². The van der Waals surface area contributed by atoms with Gasteiger partial charge in [-0.3, -0.25) is 9.10 Å². The number of anilines is 2. The molecule has 0 bridgehead atoms. The van der Waals surface area contributed by atoms with Crippen LogP contribution in [0, 0.1) is 6.92 Å². The molecule has 0 saturated carbocycles. The van der Waals surface area contributed by atoms with E-state index in [1.54, 1.807) is 50.4 Å². The van der Waals surface area contributed by atoms with Gasteiger partial charge in [-0.15, -0.1) is 0 Å². The Bertz CT molecular complexity index is 863. The maximum Gasteiger partial charge on any atom is 0.248 e. The highest BCUT2D eigenvalue weighted by Gasteiger charge is 2.31. The fraction of sp³-hybridized carbons (Fsp3) is 0.316. The van der Waals surface area contributed by atoms with Crippen LogP contribution in [0.1, 0.15) is 18.9 Å². The van der Waals surface area contributed by atoms with Crippen molar-refractivity contribution in [2.24, 2.45) is 0 Å². The molecule has 0 aliphatic heterocycles. The van der Waals surface area contributed by atoms with Crippen LogP contribution in [0.4, 0.5) is 11.4 Å². The topological polar surface area (TPSA) is 75.7 Å². The first kappa shape index (κ1) is 19.8. The first-order valence-electron chi connectivity index (χ1n) is 8.27. The Balaban J connectivity index is 2.34. The second-order valence-corrected chi connectivity index (χ2v) is 7.90. The van der Waals surface area contributed by atoms with Crippen molar-refractivity contribution in [1.29, 1.82) is 0 Å². The number of nitrogens with zero attached hydrogens (tertiary/aromatic N) is 1. The molecule has 2 aromatic rings. The van der Waals surface area contributed by atoms with E-state index in [2.05, 4.69) is 5.32 Å². The summed E-state index contributed by atoms with van der Waals surface area (Å²) in [4.78, 5) is 12.8. The number of aryl methyl sites for hydroxylation is 1. The number of carbonyl (C=O) groups is 1. The third-order valence-corrected chi connectivity index (χ3v) is 5.14. The Morgan fingerprint density at radius 1 is 1.19 bits per heavy atom. The van der Waals surface area contributed by atoms with E-state index in [4.69, 9.17) is 4.74 Å². The minimum Gasteiger partial charge on any atom is -0.497 e. The second-order valence-electron chi connectivity index (χ2n) is 6.04. The summed E-state index contributed by atoms with van der Waals surface area (Å²) in [5.74, 6) is 0.209. The Hall–Kier alpha value is -2.54. The first-order chi connectivity index (χ1) is 12.3. The summed E-state index contributed by atoms with van der Waals surface area (Å²) in [6.45, 7) is 3.70. The number of nitrogens with one attached hydrogen (secondary N) is 1. The Morgan fingerprint density at radius 3 is 2.38 bits per heavy atom. The van der Waals surface area contributed by atoms with E-state index in [-0.39, 0.29) is 0 Å². The number of sulfonamides is 1. The zero-order valence-corrected chi connectivity index (χ0v) is 16.2. The minimum absolute atomic E-state index is 0.330. The number of amides is 1. The molecule has 0 fully saturated rings. The molecule has 140 valence electrons. The molecule has 0 heterocycles. The van der Waals surface area contributed by atoms with Crippen molar-refractivity contribution in [3.05, 3.63) is 54.1 Å². The molecule has 0 aliphatic carbocycles. The third kappa shape index (κ3) is 4.76. The fourth-order valence-corrected chi connectivity index (χ4v) is 3.89. The molecule has 26 heavy (non-hydrogen) atoms. The molecule has 0 radical (unpaired) electrons. The van der Waals surface area contributed by atoms with Crippen LogP contribution in [0.25, 0.3) is 0 Å². The van der Waals surface area contributed by atoms with Gasteiger partial charge >= 0.3 is 0 Å². The molecule has 1 atom stereocenters. The highest BCUT2D eigenvalue weighted by atomic mass is 32.2. The SMILES string of the molecule is CC[C@@H](C(=O)Nc1cccc(OC)c1)N(c1ccc(C)cc1)S(C)(=O)=O. The van der Waals surface area contributed by atoms with Crippen LogP contribution in [-0.4, -0.2) is 33.7 Å². The molecule has 6 nitrogen and oxygen atoms in total. The van der Waals surface area contributed by atoms with Gasteiger partial charge in [0.2, 0.25) is 15.9 Å². The van der Waals surface area contributed by atoms with Crippen LogP contribution < -0.4 is 14.4 Å². The Kier molecular flexibility index (Phi) is 6.26. The van der Waals surface area contributed by atoms with Crippen LogP contribution >= 0.6 is 0 Å². The third-order valence-electron chi connectivity index (χ3n) is 3.96. The highest BCUT2D eigenvalue weighted by Crippen LogP contribution is 2.24. The molecule has 0 unspecified atom stereocenters. The van der Waals surface area contributed by atoms with E-state index in [1.165, 1.54) is 4.31 Å². The number of benzene rings is 2. The number of hydrogen-bond donors (Lipinski definition) is 1. The zero-order valence-electron chi connectivity index (χ0n) is 15.4. The second kappa shape index (κ2) is 8.23. The normalized spacial score (nSPS) is 12.3. The maximum atomic E-state index is 12.8. The van der Waals surface area contributed by atoms with Crippen molar-refractivity contribution in [3.8, 4) is 5.75 Å². The van der Waals surface area contributed by atoms with E-state index >= 15 is 0 Å². The van der Waals surface area contributed by atoms with Gasteiger partial charge in [-0.2, -0.15) is 0 Å². The van der Waals surface area contributed by atoms with E-state index in [0.717, 1.165) is 11.8 Å². The van der Waals surface area contributed by atoms with Gasteiger partial charge < -0.3 is 10.1 Å². The monoisotopic (exact) mass is 376 g/mol. The van der Waals surface area contributed by atoms with E-state index in [9.17, 15) is 13.2 Å². The molecule has 0 aliphatic rings. The number of rotatable bonds is 7. The number of hydrogen-bond acceptors (Lipinski definition) is 4. The summed E-state index contributed by atoms with van der Waals surface area (Å²) in [5.41, 5.74) is 2.02. The molecule has 0 spiro atoms. The summed E-state index contributed by atoms with van der Waals surface area (Å²) >= 11 is 0. The molecule has 2 rings (SSSR count). The predicted molar refractivity (Wildman–Crippen MR) is 104 cm³/mol. The Morgan fingerprint density at radius 2 is 1.85 bits per heavy atom. The van der Waals surface area contributed by atoms with Gasteiger partial charge in [0.05, 0.1) is 19.1 Å². The van der Waals surface area contributed by atoms with Crippen LogP contribution in [0.5, 0.6) is 5.75 Å². The van der Waals surface area contributed by atoms with Gasteiger partial charge in [-0.1, -0.05) is 30.7 Å². The number of methoxy groups -OCH3 is 1. The average molecular weight is 376 g/mol. The van der Waals surface area contributed by atoms with Crippen molar-refractivity contribution in [2.45, 2.75) is 26.3 Å². The lowest BCUT2D eigenvalue weighted by Gasteiger charge is -2.30. The standard InChI is InChI=1S/C19H24N2O4S/c1-5-18(19(22)20-15-7-6-8-17(13-15)25-3)21(26(4,23)24)16-11-9-14(2)10-12-16/h6-13,18H,5H2,1-4H3,(H,20,22)/t18-/m0/s1. The van der Waals surface area contributed by atoms with Gasteiger partial charge in [-0.25, -0.2) is 8.42 Å². The molecule has 0 aromatic heterocycles. The fourth-order valence-electron chi connectivity index (χ4n) is 2.68. The predicted octanol–water partition coefficient (Wildman–Crippen LogP) is 3.19. The largest absolute Gasteiger partial charge is 0.497 e. The lowest BCUT2D eigenvalue weighted by Crippen LogP contribution is -2.47. The Labute approximate surface area is 154 Å². The van der Waals surface area contributed by atoms with Crippen molar-refractivity contribution < 1.29 is 17.9 Å². The van der Waals surface area contributed by atoms with E-state index in [1.807, 2.05) is 19.1 Å². The molecule has 2 aromatic carbocycles. The van der Waals surface area contributed by atoms with E-state index < -0.39 is 22.0 Å². The smallest absolute Gasteiger partial charge is 0.248 e. The summed E-state index contributed by atoms with van der Waals surface area (Å²) in [6, 6.07) is 13.1. The molecule has 7 heteroatoms. The van der Waals surface area contributed by atoms with Gasteiger partial charge in [0.25, 0.3) is 0 Å². The first-order valence-corrected chi connectivity index (χ1v) is 10.1. The van der Waals surface area contributed by atoms with Crippen LogP contribution in [0.15, 0.2) is 48.5 Å². The molecule has 1 N–H and O–H groups in total. The van der Waals surface area contributed by atoms with Gasteiger partial charge in [0, 0.05) is 11.8 Å². The molecule has 1 amide bonds. The number of carbonyl (C=O) groups excluding carboxylic acids is 1. The molecular formula is C19H24N2O4S. The van der Waals surface area contributed by atoms with Crippen LogP contribution in [0.3, 0.4) is 0 Å². The van der Waals surface area contributed by atoms with Crippen molar-refractivity contribution in [1.82, 2.24) is 0 Å². The van der Waals surface area contributed by atoms with Crippen molar-refractivity contribution in [2.75, 3.05) is 23.0 Å². The highest BCUT2D eigenvalue weighted by molar-refractivity contribution is 7.92. The summed E-state index contributed by atoms with van der Waals surface area (Å²) in [6.07, 6.45) is 1.44. The van der Waals surface area contributed by atoms with Gasteiger partial charge in [0.15, 0.2) is 0 Å². The molecular weight excluding hydrogens is 352 g/mol. The average Bonchev–Trinajstić information content (AvgIpc) is 2.59. The van der Waals surface area contributed by atoms with Crippen molar-refractivity contribution >= 4 is 27.3 Å². The van der Waals surface area contributed by atoms with E-state index in [0.29, 0.717) is 23.5 Å².